The van der Waals surface area contributed by atoms with Gasteiger partial charge in [-0.25, -0.2) is 4.90 Å². The average Bonchev–Trinajstić information content (AvgIpc) is 2.72. The predicted octanol–water partition coefficient (Wildman–Crippen LogP) is 2.23. The molecule has 0 bridgehead atoms. The molecular formula is C21H22N4O4. The maximum absolute atomic E-state index is 12.6. The molecule has 0 radical (unpaired) electrons. The molecule has 0 aliphatic heterocycles. The van der Waals surface area contributed by atoms with E-state index < -0.39 is 11.8 Å². The molecule has 2 amide bonds. The molecule has 3 N–H and O–H groups in total. The minimum Gasteiger partial charge on any atom is -0.497 e. The second-order valence-electron chi connectivity index (χ2n) is 5.90. The Labute approximate surface area is 169 Å². The van der Waals surface area contributed by atoms with Crippen molar-refractivity contribution < 1.29 is 19.1 Å². The third-order valence-electron chi connectivity index (χ3n) is 3.84. The number of nitrogens with one attached hydrogen (secondary N) is 1. The molecule has 0 aromatic heterocycles. The second-order valence-corrected chi connectivity index (χ2v) is 5.90. The second kappa shape index (κ2) is 10.4. The van der Waals surface area contributed by atoms with Crippen LogP contribution < -0.4 is 25.4 Å². The van der Waals surface area contributed by atoms with Crippen molar-refractivity contribution in [3.8, 4) is 17.6 Å². The van der Waals surface area contributed by atoms with Crippen LogP contribution in [0, 0.1) is 11.3 Å². The number of rotatable bonds is 8. The van der Waals surface area contributed by atoms with Gasteiger partial charge in [0.15, 0.2) is 0 Å². The van der Waals surface area contributed by atoms with E-state index in [1.807, 2.05) is 6.07 Å². The van der Waals surface area contributed by atoms with Crippen molar-refractivity contribution in [2.24, 2.45) is 0 Å². The Hall–Kier alpha value is -3.99. The van der Waals surface area contributed by atoms with Gasteiger partial charge in [0.25, 0.3) is 5.91 Å². The molecule has 0 atom stereocenters. The van der Waals surface area contributed by atoms with E-state index >= 15 is 0 Å². The van der Waals surface area contributed by atoms with Crippen LogP contribution in [0.4, 0.5) is 11.4 Å². The fraction of sp³-hybridized carbons (Fsp3) is 0.190. The number of hydrogen-bond donors (Lipinski definition) is 2. The number of nitriles is 1. The normalized spacial score (nSPS) is 10.6. The zero-order valence-electron chi connectivity index (χ0n) is 16.2. The van der Waals surface area contributed by atoms with Crippen LogP contribution in [0.5, 0.6) is 11.5 Å². The van der Waals surface area contributed by atoms with Gasteiger partial charge in [-0.15, -0.1) is 0 Å². The number of nitrogens with zero attached hydrogens (tertiary/aromatic N) is 2. The molecule has 0 saturated carbocycles. The lowest BCUT2D eigenvalue weighted by molar-refractivity contribution is -0.123. The molecule has 2 aromatic rings. The first-order valence-corrected chi connectivity index (χ1v) is 8.77. The maximum Gasteiger partial charge on any atom is 0.277 e. The number of anilines is 2. The lowest BCUT2D eigenvalue weighted by atomic mass is 10.2. The summed E-state index contributed by atoms with van der Waals surface area (Å²) < 4.78 is 10.6. The predicted molar refractivity (Wildman–Crippen MR) is 109 cm³/mol. The Morgan fingerprint density at radius 1 is 1.14 bits per heavy atom. The molecule has 0 aliphatic rings. The van der Waals surface area contributed by atoms with Crippen molar-refractivity contribution in [3.05, 3.63) is 60.3 Å². The van der Waals surface area contributed by atoms with Gasteiger partial charge in [-0.1, -0.05) is 0 Å². The van der Waals surface area contributed by atoms with Crippen LogP contribution in [0.15, 0.2) is 60.3 Å². The number of nitrogen functional groups attached to an aromatic ring is 1. The van der Waals surface area contributed by atoms with Crippen molar-refractivity contribution in [3.63, 3.8) is 0 Å². The summed E-state index contributed by atoms with van der Waals surface area (Å²) in [6.45, 7) is 1.91. The van der Waals surface area contributed by atoms with E-state index in [0.717, 1.165) is 10.6 Å². The number of carbonyl (C=O) groups excluding carboxylic acids is 2. The molecule has 8 heteroatoms. The number of ether oxygens (including phenoxy) is 2. The first-order valence-electron chi connectivity index (χ1n) is 8.77. The first-order chi connectivity index (χ1) is 14.0. The number of nitrogens with two attached hydrogens (primary N) is 1. The lowest BCUT2D eigenvalue weighted by Crippen LogP contribution is -2.36. The molecule has 29 heavy (non-hydrogen) atoms. The quantitative estimate of drug-likeness (QED) is 0.305. The van der Waals surface area contributed by atoms with E-state index in [-0.39, 0.29) is 5.57 Å². The van der Waals surface area contributed by atoms with Crippen molar-refractivity contribution in [1.29, 1.82) is 5.26 Å². The highest BCUT2D eigenvalue weighted by molar-refractivity contribution is 6.21. The molecule has 0 aliphatic carbocycles. The number of imide groups is 1. The summed E-state index contributed by atoms with van der Waals surface area (Å²) in [4.78, 5) is 25.5. The van der Waals surface area contributed by atoms with E-state index in [1.54, 1.807) is 55.6 Å². The van der Waals surface area contributed by atoms with Crippen molar-refractivity contribution >= 4 is 23.2 Å². The summed E-state index contributed by atoms with van der Waals surface area (Å²) in [6.07, 6.45) is 1.27. The van der Waals surface area contributed by atoms with Crippen LogP contribution >= 0.6 is 0 Å². The molecule has 2 aromatic carbocycles. The lowest BCUT2D eigenvalue weighted by Gasteiger charge is -2.19. The summed E-state index contributed by atoms with van der Waals surface area (Å²) in [5.41, 5.74) is 6.26. The van der Waals surface area contributed by atoms with Gasteiger partial charge in [0.2, 0.25) is 5.91 Å². The van der Waals surface area contributed by atoms with Crippen LogP contribution in [-0.4, -0.2) is 32.1 Å². The van der Waals surface area contributed by atoms with E-state index in [1.165, 1.54) is 13.1 Å². The number of amides is 2. The van der Waals surface area contributed by atoms with Gasteiger partial charge in [0.1, 0.15) is 29.7 Å². The Balaban J connectivity index is 1.96. The fourth-order valence-corrected chi connectivity index (χ4v) is 2.40. The summed E-state index contributed by atoms with van der Waals surface area (Å²) in [5, 5.41) is 12.2. The topological polar surface area (TPSA) is 118 Å². The monoisotopic (exact) mass is 394 g/mol. The minimum atomic E-state index is -0.728. The number of benzene rings is 2. The summed E-state index contributed by atoms with van der Waals surface area (Å²) >= 11 is 0. The minimum absolute atomic E-state index is 0.207. The molecule has 2 rings (SSSR count). The maximum atomic E-state index is 12.6. The molecule has 0 saturated heterocycles. The highest BCUT2D eigenvalue weighted by Gasteiger charge is 2.23. The highest BCUT2D eigenvalue weighted by atomic mass is 16.5. The van der Waals surface area contributed by atoms with Gasteiger partial charge in [-0.3, -0.25) is 9.59 Å². The van der Waals surface area contributed by atoms with Gasteiger partial charge in [-0.05, 0) is 48.5 Å². The molecule has 8 nitrogen and oxygen atoms in total. The molecule has 0 heterocycles. The van der Waals surface area contributed by atoms with Crippen LogP contribution in [0.1, 0.15) is 6.92 Å². The van der Waals surface area contributed by atoms with Crippen molar-refractivity contribution in [1.82, 2.24) is 5.32 Å². The van der Waals surface area contributed by atoms with Gasteiger partial charge in [0.05, 0.1) is 12.8 Å². The van der Waals surface area contributed by atoms with Gasteiger partial charge in [-0.2, -0.15) is 5.26 Å². The van der Waals surface area contributed by atoms with Crippen LogP contribution in [0.25, 0.3) is 0 Å². The summed E-state index contributed by atoms with van der Waals surface area (Å²) in [7, 11) is 1.58. The van der Waals surface area contributed by atoms with Gasteiger partial charge in [0, 0.05) is 25.4 Å². The Kier molecular flexibility index (Phi) is 7.62. The molecule has 0 spiro atoms. The fourth-order valence-electron chi connectivity index (χ4n) is 2.40. The van der Waals surface area contributed by atoms with Crippen LogP contribution in [0.2, 0.25) is 0 Å². The third-order valence-corrected chi connectivity index (χ3v) is 3.84. The SMILES string of the molecule is COc1ccc(OCCN/C=C(/C#N)C(=O)N(C(C)=O)c2ccc(N)cc2)cc1. The Morgan fingerprint density at radius 3 is 2.31 bits per heavy atom. The third kappa shape index (κ3) is 6.01. The Morgan fingerprint density at radius 2 is 1.76 bits per heavy atom. The smallest absolute Gasteiger partial charge is 0.277 e. The standard InChI is InChI=1S/C21H22N4O4/c1-15(26)25(18-5-3-17(23)4-6-18)21(27)16(13-22)14-24-11-12-29-20-9-7-19(28-2)8-10-20/h3-10,14,24H,11-12,23H2,1-2H3/b16-14-. The zero-order chi connectivity index (χ0) is 21.2. The zero-order valence-corrected chi connectivity index (χ0v) is 16.2. The van der Waals surface area contributed by atoms with Gasteiger partial charge >= 0.3 is 0 Å². The molecular weight excluding hydrogens is 372 g/mol. The van der Waals surface area contributed by atoms with E-state index in [2.05, 4.69) is 5.32 Å². The first kappa shape index (κ1) is 21.3. The summed E-state index contributed by atoms with van der Waals surface area (Å²) in [6, 6.07) is 15.2. The number of carbonyl (C=O) groups is 2. The molecule has 0 unspecified atom stereocenters. The average molecular weight is 394 g/mol. The highest BCUT2D eigenvalue weighted by Crippen LogP contribution is 2.19. The number of methoxy groups -OCH3 is 1. The van der Waals surface area contributed by atoms with Crippen molar-refractivity contribution in [2.75, 3.05) is 30.9 Å². The largest absolute Gasteiger partial charge is 0.497 e. The van der Waals surface area contributed by atoms with Crippen molar-refractivity contribution in [2.45, 2.75) is 6.92 Å². The van der Waals surface area contributed by atoms with Crippen LogP contribution in [0.3, 0.4) is 0 Å². The summed E-state index contributed by atoms with van der Waals surface area (Å²) in [5.74, 6) is 0.156. The van der Waals surface area contributed by atoms with E-state index in [9.17, 15) is 14.9 Å². The Bertz CT molecular complexity index is 915. The number of hydrogen-bond acceptors (Lipinski definition) is 7. The van der Waals surface area contributed by atoms with Gasteiger partial charge < -0.3 is 20.5 Å². The van der Waals surface area contributed by atoms with Crippen LogP contribution in [-0.2, 0) is 9.59 Å². The van der Waals surface area contributed by atoms with E-state index in [4.69, 9.17) is 15.2 Å². The molecule has 0 fully saturated rings. The molecule has 150 valence electrons. The van der Waals surface area contributed by atoms with E-state index in [0.29, 0.717) is 30.3 Å².